The predicted octanol–water partition coefficient (Wildman–Crippen LogP) is 2.34. The summed E-state index contributed by atoms with van der Waals surface area (Å²) in [6.45, 7) is 0. The number of benzene rings is 2. The molecule has 2 heterocycles. The van der Waals surface area contributed by atoms with Crippen LogP contribution < -0.4 is 17.0 Å². The average Bonchev–Trinajstić information content (AvgIpc) is 2.64. The summed E-state index contributed by atoms with van der Waals surface area (Å²) in [5.74, 6) is 5.30. The Morgan fingerprint density at radius 3 is 1.96 bits per heavy atom. The number of fused-ring (bicyclic) bond motifs is 2. The fourth-order valence-corrected chi connectivity index (χ4v) is 2.70. The molecule has 9 heteroatoms. The van der Waals surface area contributed by atoms with E-state index in [-0.39, 0.29) is 16.3 Å². The highest BCUT2D eigenvalue weighted by Crippen LogP contribution is 2.17. The minimum atomic E-state index is -0.347. The first kappa shape index (κ1) is 16.9. The Balaban J connectivity index is 0.000000146. The van der Waals surface area contributed by atoms with Gasteiger partial charge in [0.05, 0.1) is 10.8 Å². The van der Waals surface area contributed by atoms with Gasteiger partial charge in [0.1, 0.15) is 0 Å². The van der Waals surface area contributed by atoms with Crippen LogP contribution in [0.4, 0.5) is 0 Å². The first-order valence-electron chi connectivity index (χ1n) is 7.04. The van der Waals surface area contributed by atoms with Gasteiger partial charge in [-0.2, -0.15) is 5.10 Å². The monoisotopic (exact) mass is 375 g/mol. The molecule has 7 nitrogen and oxygen atoms in total. The maximum atomic E-state index is 11.4. The van der Waals surface area contributed by atoms with Crippen LogP contribution in [0, 0.1) is 0 Å². The number of nitrogens with one attached hydrogen (secondary N) is 1. The third-order valence-corrected chi connectivity index (χ3v) is 4.00. The second-order valence-electron chi connectivity index (χ2n) is 4.98. The van der Waals surface area contributed by atoms with Gasteiger partial charge in [-0.3, -0.25) is 9.59 Å². The van der Waals surface area contributed by atoms with Crippen LogP contribution in [0.3, 0.4) is 0 Å². The summed E-state index contributed by atoms with van der Waals surface area (Å²) in [5.41, 5.74) is -0.560. The lowest BCUT2D eigenvalue weighted by atomic mass is 10.2. The lowest BCUT2D eigenvalue weighted by molar-refractivity contribution is 0.777. The number of H-pyrrole nitrogens is 1. The zero-order valence-corrected chi connectivity index (χ0v) is 14.1. The number of aromatic nitrogens is 4. The van der Waals surface area contributed by atoms with Gasteiger partial charge in [-0.15, -0.1) is 9.89 Å². The molecule has 0 aliphatic carbocycles. The Labute approximate surface area is 150 Å². The van der Waals surface area contributed by atoms with Crippen LogP contribution in [-0.2, 0) is 0 Å². The summed E-state index contributed by atoms with van der Waals surface area (Å²) in [4.78, 5) is 23.3. The van der Waals surface area contributed by atoms with Crippen LogP contribution in [0.2, 0.25) is 10.3 Å². The standard InChI is InChI=1S/C8H6ClN3O.C8H5ClN2O/c9-7-5-3-1-2-4-6(5)8(13)12(10)11-7;9-7-5-3-1-2-4-6(5)8(12)11-10-7/h1-4H,10H2;1-4H,(H,11,12). The minimum Gasteiger partial charge on any atom is -0.320 e. The highest BCUT2D eigenvalue weighted by atomic mass is 35.5. The SMILES string of the molecule is Nn1nc(Cl)c2ccccc2c1=O.O=c1[nH]nc(Cl)c2ccccc12. The molecule has 0 radical (unpaired) electrons. The first-order chi connectivity index (χ1) is 12.0. The predicted molar refractivity (Wildman–Crippen MR) is 98.5 cm³/mol. The highest BCUT2D eigenvalue weighted by molar-refractivity contribution is 6.34. The van der Waals surface area contributed by atoms with Gasteiger partial charge in [-0.25, -0.2) is 5.10 Å². The Hall–Kier alpha value is -2.90. The van der Waals surface area contributed by atoms with Crippen LogP contribution in [0.15, 0.2) is 58.1 Å². The molecule has 4 rings (SSSR count). The molecule has 0 fully saturated rings. The lowest BCUT2D eigenvalue weighted by Gasteiger charge is -2.00. The molecule has 0 spiro atoms. The summed E-state index contributed by atoms with van der Waals surface area (Å²) in [7, 11) is 0. The number of halogens is 2. The fraction of sp³-hybridized carbons (Fsp3) is 0. The second-order valence-corrected chi connectivity index (χ2v) is 5.69. The second kappa shape index (κ2) is 6.92. The molecule has 0 bridgehead atoms. The van der Waals surface area contributed by atoms with Crippen LogP contribution in [-0.4, -0.2) is 20.1 Å². The van der Waals surface area contributed by atoms with E-state index in [4.69, 9.17) is 29.0 Å². The number of rotatable bonds is 0. The molecule has 0 aliphatic heterocycles. The number of aromatic amines is 1. The lowest BCUT2D eigenvalue weighted by Crippen LogP contribution is -2.29. The van der Waals surface area contributed by atoms with E-state index in [0.717, 1.165) is 4.79 Å². The van der Waals surface area contributed by atoms with Gasteiger partial charge in [0.15, 0.2) is 10.3 Å². The van der Waals surface area contributed by atoms with E-state index in [1.165, 1.54) is 0 Å². The highest BCUT2D eigenvalue weighted by Gasteiger charge is 2.05. The molecule has 2 aromatic carbocycles. The van der Waals surface area contributed by atoms with Crippen LogP contribution in [0.25, 0.3) is 21.5 Å². The molecule has 25 heavy (non-hydrogen) atoms. The van der Waals surface area contributed by atoms with Gasteiger partial charge < -0.3 is 5.84 Å². The van der Waals surface area contributed by atoms with Crippen molar-refractivity contribution in [1.29, 1.82) is 0 Å². The summed E-state index contributed by atoms with van der Waals surface area (Å²) >= 11 is 11.5. The molecule has 126 valence electrons. The van der Waals surface area contributed by atoms with Gasteiger partial charge in [0.25, 0.3) is 11.1 Å². The van der Waals surface area contributed by atoms with Crippen molar-refractivity contribution < 1.29 is 0 Å². The molecule has 2 aromatic heterocycles. The molecule has 4 aromatic rings. The maximum Gasteiger partial charge on any atom is 0.293 e. The van der Waals surface area contributed by atoms with Crippen molar-refractivity contribution in [2.24, 2.45) is 0 Å². The molecule has 0 amide bonds. The van der Waals surface area contributed by atoms with E-state index in [0.29, 0.717) is 26.7 Å². The van der Waals surface area contributed by atoms with Crippen molar-refractivity contribution in [3.8, 4) is 0 Å². The van der Waals surface area contributed by atoms with Gasteiger partial charge in [0.2, 0.25) is 0 Å². The van der Waals surface area contributed by atoms with Gasteiger partial charge in [-0.05, 0) is 12.1 Å². The van der Waals surface area contributed by atoms with Crippen LogP contribution in [0.5, 0.6) is 0 Å². The summed E-state index contributed by atoms with van der Waals surface area (Å²) in [6, 6.07) is 14.0. The first-order valence-corrected chi connectivity index (χ1v) is 7.80. The molecular formula is C16H11Cl2N5O2. The summed E-state index contributed by atoms with van der Waals surface area (Å²) in [6.07, 6.45) is 0. The largest absolute Gasteiger partial charge is 0.320 e. The third kappa shape index (κ3) is 3.33. The van der Waals surface area contributed by atoms with Gasteiger partial charge >= 0.3 is 0 Å². The number of hydrogen-bond acceptors (Lipinski definition) is 5. The average molecular weight is 376 g/mol. The third-order valence-electron chi connectivity index (χ3n) is 3.43. The Morgan fingerprint density at radius 1 is 0.840 bits per heavy atom. The van der Waals surface area contributed by atoms with E-state index in [2.05, 4.69) is 15.3 Å². The number of nitrogens with two attached hydrogens (primary N) is 1. The molecule has 0 atom stereocenters. The number of hydrogen-bond donors (Lipinski definition) is 2. The summed E-state index contributed by atoms with van der Waals surface area (Å²) in [5, 5.41) is 12.5. The molecule has 0 saturated carbocycles. The Morgan fingerprint density at radius 2 is 1.36 bits per heavy atom. The van der Waals surface area contributed by atoms with Gasteiger partial charge in [-0.1, -0.05) is 59.6 Å². The number of nitrogen functional groups attached to an aromatic ring is 1. The summed E-state index contributed by atoms with van der Waals surface area (Å²) < 4.78 is 0. The van der Waals surface area contributed by atoms with Crippen LogP contribution >= 0.6 is 23.2 Å². The van der Waals surface area contributed by atoms with Crippen LogP contribution in [0.1, 0.15) is 0 Å². The molecule has 0 saturated heterocycles. The van der Waals surface area contributed by atoms with E-state index in [9.17, 15) is 9.59 Å². The van der Waals surface area contributed by atoms with E-state index in [1.807, 2.05) is 6.07 Å². The van der Waals surface area contributed by atoms with E-state index < -0.39 is 0 Å². The maximum absolute atomic E-state index is 11.4. The quantitative estimate of drug-likeness (QED) is 0.458. The molecular weight excluding hydrogens is 365 g/mol. The zero-order chi connectivity index (χ0) is 18.0. The van der Waals surface area contributed by atoms with Gasteiger partial charge in [0, 0.05) is 10.8 Å². The van der Waals surface area contributed by atoms with Crippen molar-refractivity contribution in [3.63, 3.8) is 0 Å². The topological polar surface area (TPSA) is 107 Å². The van der Waals surface area contributed by atoms with Crippen molar-refractivity contribution in [1.82, 2.24) is 20.1 Å². The minimum absolute atomic E-state index is 0.213. The number of nitrogens with zero attached hydrogens (tertiary/aromatic N) is 3. The molecule has 0 aliphatic rings. The van der Waals surface area contributed by atoms with Crippen molar-refractivity contribution in [3.05, 3.63) is 79.5 Å². The molecule has 3 N–H and O–H groups in total. The van der Waals surface area contributed by atoms with Crippen molar-refractivity contribution in [2.75, 3.05) is 5.84 Å². The normalized spacial score (nSPS) is 10.5. The van der Waals surface area contributed by atoms with Crippen molar-refractivity contribution in [2.45, 2.75) is 0 Å². The zero-order valence-electron chi connectivity index (χ0n) is 12.6. The van der Waals surface area contributed by atoms with E-state index in [1.54, 1.807) is 42.5 Å². The van der Waals surface area contributed by atoms with Crippen molar-refractivity contribution >= 4 is 44.7 Å². The fourth-order valence-electron chi connectivity index (χ4n) is 2.25. The Kier molecular flexibility index (Phi) is 4.69. The smallest absolute Gasteiger partial charge is 0.293 e. The Bertz CT molecular complexity index is 1190. The van der Waals surface area contributed by atoms with E-state index >= 15 is 0 Å². The molecule has 0 unspecified atom stereocenters.